The molecule has 10 heteroatoms. The number of carboxylic acids is 1. The summed E-state index contributed by atoms with van der Waals surface area (Å²) >= 11 is 6.69. The molecule has 39 heavy (non-hydrogen) atoms. The number of fused-ring (bicyclic) bond motifs is 1. The largest absolute Gasteiger partial charge is 0.487 e. The number of carbonyl (C=O) groups is 3. The number of aryl methyl sites for hydroxylation is 1. The Morgan fingerprint density at radius 1 is 1.21 bits per heavy atom. The zero-order chi connectivity index (χ0) is 27.9. The number of aromatic nitrogens is 1. The third-order valence-electron chi connectivity index (χ3n) is 9.03. The highest BCUT2D eigenvalue weighted by atomic mass is 35.5. The zero-order valence-electron chi connectivity index (χ0n) is 22.8. The van der Waals surface area contributed by atoms with Crippen molar-refractivity contribution in [2.24, 2.45) is 11.3 Å². The van der Waals surface area contributed by atoms with Crippen molar-refractivity contribution in [1.82, 2.24) is 15.0 Å². The molecule has 2 aromatic rings. The predicted octanol–water partition coefficient (Wildman–Crippen LogP) is 4.85. The van der Waals surface area contributed by atoms with Gasteiger partial charge in [0.2, 0.25) is 11.8 Å². The van der Waals surface area contributed by atoms with Gasteiger partial charge in [0.05, 0.1) is 17.4 Å². The topological polar surface area (TPSA) is 113 Å². The van der Waals surface area contributed by atoms with Gasteiger partial charge in [0.15, 0.2) is 0 Å². The van der Waals surface area contributed by atoms with E-state index in [0.717, 1.165) is 41.7 Å². The molecule has 1 aromatic carbocycles. The van der Waals surface area contributed by atoms with Crippen molar-refractivity contribution < 1.29 is 28.8 Å². The number of halogens is 1. The minimum absolute atomic E-state index is 0.0563. The molecule has 9 nitrogen and oxygen atoms in total. The molecule has 0 unspecified atom stereocenters. The van der Waals surface area contributed by atoms with Crippen molar-refractivity contribution in [2.45, 2.75) is 78.4 Å². The van der Waals surface area contributed by atoms with E-state index in [-0.39, 0.29) is 18.4 Å². The first-order valence-electron chi connectivity index (χ1n) is 13.8. The van der Waals surface area contributed by atoms with Crippen LogP contribution in [0.4, 0.5) is 0 Å². The van der Waals surface area contributed by atoms with E-state index < -0.39 is 23.3 Å². The summed E-state index contributed by atoms with van der Waals surface area (Å²) in [6.07, 6.45) is 4.37. The van der Waals surface area contributed by atoms with Gasteiger partial charge < -0.3 is 24.2 Å². The van der Waals surface area contributed by atoms with Crippen LogP contribution in [0.2, 0.25) is 5.02 Å². The van der Waals surface area contributed by atoms with E-state index in [0.29, 0.717) is 61.8 Å². The van der Waals surface area contributed by atoms with Crippen LogP contribution in [0.3, 0.4) is 0 Å². The van der Waals surface area contributed by atoms with Crippen molar-refractivity contribution in [3.63, 3.8) is 0 Å². The molecule has 0 spiro atoms. The van der Waals surface area contributed by atoms with E-state index in [2.05, 4.69) is 5.16 Å². The smallest absolute Gasteiger partial charge is 0.310 e. The molecular weight excluding hydrogens is 522 g/mol. The average molecular weight is 558 g/mol. The van der Waals surface area contributed by atoms with Crippen LogP contribution in [0.15, 0.2) is 16.7 Å². The molecule has 3 aliphatic rings. The van der Waals surface area contributed by atoms with E-state index in [9.17, 15) is 19.5 Å². The lowest BCUT2D eigenvalue weighted by atomic mass is 9.66. The van der Waals surface area contributed by atoms with Gasteiger partial charge in [-0.25, -0.2) is 0 Å². The van der Waals surface area contributed by atoms with Gasteiger partial charge in [0, 0.05) is 42.2 Å². The number of benzene rings is 1. The first-order valence-corrected chi connectivity index (χ1v) is 14.2. The zero-order valence-corrected chi connectivity index (χ0v) is 23.6. The number of hydrogen-bond donors (Lipinski definition) is 1. The fourth-order valence-electron chi connectivity index (χ4n) is 6.40. The van der Waals surface area contributed by atoms with Crippen LogP contribution in [-0.2, 0) is 27.4 Å². The first kappa shape index (κ1) is 27.5. The highest BCUT2D eigenvalue weighted by Crippen LogP contribution is 2.46. The van der Waals surface area contributed by atoms with Crippen LogP contribution in [0.5, 0.6) is 5.75 Å². The maximum atomic E-state index is 14.2. The number of ether oxygens (including phenoxy) is 1. The van der Waals surface area contributed by atoms with Gasteiger partial charge in [-0.3, -0.25) is 14.4 Å². The second-order valence-electron chi connectivity index (χ2n) is 11.3. The van der Waals surface area contributed by atoms with Crippen LogP contribution in [0, 0.1) is 25.2 Å². The summed E-state index contributed by atoms with van der Waals surface area (Å²) in [5.41, 5.74) is 2.16. The highest BCUT2D eigenvalue weighted by Gasteiger charge is 2.50. The third-order valence-corrected chi connectivity index (χ3v) is 9.39. The molecular formula is C29H36ClN3O6. The van der Waals surface area contributed by atoms with Crippen LogP contribution in [-0.4, -0.2) is 57.5 Å². The summed E-state index contributed by atoms with van der Waals surface area (Å²) in [6, 6.07) is 3.10. The van der Waals surface area contributed by atoms with Crippen molar-refractivity contribution >= 4 is 29.4 Å². The second kappa shape index (κ2) is 10.8. The lowest BCUT2D eigenvalue weighted by molar-refractivity contribution is -0.162. The van der Waals surface area contributed by atoms with E-state index >= 15 is 0 Å². The molecule has 2 fully saturated rings. The molecule has 1 saturated heterocycles. The van der Waals surface area contributed by atoms with E-state index in [4.69, 9.17) is 20.9 Å². The summed E-state index contributed by atoms with van der Waals surface area (Å²) < 4.78 is 11.6. The molecule has 1 saturated carbocycles. The van der Waals surface area contributed by atoms with Crippen molar-refractivity contribution in [1.29, 1.82) is 0 Å². The molecule has 2 amide bonds. The summed E-state index contributed by atoms with van der Waals surface area (Å²) in [5.74, 6) is -0.381. The minimum atomic E-state index is -1.13. The molecule has 2 aliphatic heterocycles. The number of nitrogens with zero attached hydrogens (tertiary/aromatic N) is 3. The Hall–Kier alpha value is -3.07. The van der Waals surface area contributed by atoms with Gasteiger partial charge in [0.25, 0.3) is 0 Å². The van der Waals surface area contributed by atoms with Gasteiger partial charge in [-0.1, -0.05) is 29.6 Å². The van der Waals surface area contributed by atoms with Gasteiger partial charge >= 0.3 is 5.97 Å². The number of aliphatic carboxylic acids is 1. The normalized spacial score (nSPS) is 25.1. The average Bonchev–Trinajstić information content (AvgIpc) is 3.47. The molecule has 1 N–H and O–H groups in total. The predicted molar refractivity (Wildman–Crippen MR) is 143 cm³/mol. The van der Waals surface area contributed by atoms with Gasteiger partial charge in [0.1, 0.15) is 23.8 Å². The number of amides is 2. The summed E-state index contributed by atoms with van der Waals surface area (Å²) in [7, 11) is 0. The Kier molecular flexibility index (Phi) is 7.64. The van der Waals surface area contributed by atoms with Crippen molar-refractivity contribution in [3.8, 4) is 5.75 Å². The van der Waals surface area contributed by atoms with E-state index in [1.165, 1.54) is 0 Å². The highest BCUT2D eigenvalue weighted by molar-refractivity contribution is 6.31. The minimum Gasteiger partial charge on any atom is -0.487 e. The third kappa shape index (κ3) is 5.01. The maximum Gasteiger partial charge on any atom is 0.310 e. The summed E-state index contributed by atoms with van der Waals surface area (Å²) in [5, 5.41) is 14.8. The van der Waals surface area contributed by atoms with Gasteiger partial charge in [-0.2, -0.15) is 0 Å². The van der Waals surface area contributed by atoms with Crippen molar-refractivity contribution in [2.75, 3.05) is 19.6 Å². The molecule has 5 rings (SSSR count). The molecule has 3 atom stereocenters. The molecule has 0 radical (unpaired) electrons. The number of rotatable bonds is 7. The number of carbonyl (C=O) groups excluding carboxylic acids is 2. The SMILES string of the molecule is Cc1onc(COc2ccc(Cl)c3c2[C@@H](CN2CCCC2=O)N(C(=O)[C@@H]2CCCC[C@]2(C)C(=O)O)CC3)c1C. The van der Waals surface area contributed by atoms with Crippen LogP contribution < -0.4 is 4.74 Å². The molecule has 210 valence electrons. The first-order chi connectivity index (χ1) is 18.6. The molecule has 1 aliphatic carbocycles. The molecule has 0 bridgehead atoms. The van der Waals surface area contributed by atoms with E-state index in [1.807, 2.05) is 13.8 Å². The Morgan fingerprint density at radius 2 is 2.00 bits per heavy atom. The standard InChI is InChI=1S/C29H36ClN3O6/c1-17-18(2)39-31-22(17)16-38-24-10-9-21(30)19-11-14-33(23(26(19)24)15-32-13-6-8-25(32)34)27(35)20-7-4-5-12-29(20,3)28(36)37/h9-10,20,23H,4-8,11-16H2,1-3H3,(H,36,37)/t20-,23+,29-/m0/s1. The number of carboxylic acid groups (broad SMARTS) is 1. The summed E-state index contributed by atoms with van der Waals surface area (Å²) in [4.78, 5) is 42.9. The van der Waals surface area contributed by atoms with Crippen molar-refractivity contribution in [3.05, 3.63) is 45.3 Å². The quantitative estimate of drug-likeness (QED) is 0.517. The van der Waals surface area contributed by atoms with Gasteiger partial charge in [-0.15, -0.1) is 0 Å². The Labute approximate surface area is 233 Å². The lowest BCUT2D eigenvalue weighted by Crippen LogP contribution is -2.52. The Bertz CT molecular complexity index is 1290. The van der Waals surface area contributed by atoms with E-state index in [1.54, 1.807) is 28.9 Å². The van der Waals surface area contributed by atoms with Crippen LogP contribution in [0.25, 0.3) is 0 Å². The monoisotopic (exact) mass is 557 g/mol. The summed E-state index contributed by atoms with van der Waals surface area (Å²) in [6.45, 7) is 6.98. The number of likely N-dealkylation sites (tertiary alicyclic amines) is 1. The fraction of sp³-hybridized carbons (Fsp3) is 0.586. The Balaban J connectivity index is 1.53. The van der Waals surface area contributed by atoms with Crippen LogP contribution >= 0.6 is 11.6 Å². The maximum absolute atomic E-state index is 14.2. The Morgan fingerprint density at radius 3 is 2.67 bits per heavy atom. The molecule has 1 aromatic heterocycles. The molecule has 3 heterocycles. The van der Waals surface area contributed by atoms with Crippen LogP contribution in [0.1, 0.15) is 79.6 Å². The van der Waals surface area contributed by atoms with Gasteiger partial charge in [-0.05, 0) is 64.2 Å². The second-order valence-corrected chi connectivity index (χ2v) is 11.7. The lowest BCUT2D eigenvalue weighted by Gasteiger charge is -2.45. The number of hydrogen-bond acceptors (Lipinski definition) is 6. The fourth-order valence-corrected chi connectivity index (χ4v) is 6.65.